The van der Waals surface area contributed by atoms with Gasteiger partial charge in [-0.25, -0.2) is 0 Å². The minimum Gasteiger partial charge on any atom is -0.303 e. The van der Waals surface area contributed by atoms with Crippen molar-refractivity contribution in [3.63, 3.8) is 0 Å². The summed E-state index contributed by atoms with van der Waals surface area (Å²) in [5.41, 5.74) is 1.23. The van der Waals surface area contributed by atoms with Crippen LogP contribution in [0.2, 0.25) is 0 Å². The van der Waals surface area contributed by atoms with Crippen molar-refractivity contribution in [1.82, 2.24) is 0 Å². The molecule has 0 amide bonds. The van der Waals surface area contributed by atoms with E-state index in [2.05, 4.69) is 6.92 Å². The van der Waals surface area contributed by atoms with Gasteiger partial charge in [-0.2, -0.15) is 0 Å². The Kier molecular flexibility index (Phi) is 4.02. The van der Waals surface area contributed by atoms with E-state index in [9.17, 15) is 4.79 Å². The van der Waals surface area contributed by atoms with E-state index in [-0.39, 0.29) is 5.92 Å². The summed E-state index contributed by atoms with van der Waals surface area (Å²) in [4.78, 5) is 10.2. The molecule has 1 nitrogen and oxygen atoms in total. The Bertz CT molecular complexity index is 114. The van der Waals surface area contributed by atoms with Crippen LogP contribution in [-0.4, -0.2) is 6.29 Å². The van der Waals surface area contributed by atoms with Crippen molar-refractivity contribution in [2.45, 2.75) is 27.2 Å². The van der Waals surface area contributed by atoms with Gasteiger partial charge in [0.15, 0.2) is 0 Å². The molecule has 52 valence electrons. The van der Waals surface area contributed by atoms with Crippen molar-refractivity contribution in [2.75, 3.05) is 0 Å². The Balaban J connectivity index is 3.95. The van der Waals surface area contributed by atoms with Crippen LogP contribution in [0.5, 0.6) is 0 Å². The zero-order valence-corrected chi connectivity index (χ0v) is 6.35. The Morgan fingerprint density at radius 1 is 1.67 bits per heavy atom. The van der Waals surface area contributed by atoms with Gasteiger partial charge in [-0.15, -0.1) is 0 Å². The van der Waals surface area contributed by atoms with Crippen LogP contribution in [0.25, 0.3) is 0 Å². The molecule has 0 bridgehead atoms. The van der Waals surface area contributed by atoms with Crippen LogP contribution in [0.1, 0.15) is 27.2 Å². The number of allylic oxidation sites excluding steroid dienone is 2. The lowest BCUT2D eigenvalue weighted by Crippen LogP contribution is -1.98. The Morgan fingerprint density at radius 3 is 2.33 bits per heavy atom. The van der Waals surface area contributed by atoms with Gasteiger partial charge in [-0.3, -0.25) is 0 Å². The van der Waals surface area contributed by atoms with Crippen LogP contribution in [0.15, 0.2) is 11.6 Å². The van der Waals surface area contributed by atoms with Gasteiger partial charge < -0.3 is 4.79 Å². The quantitative estimate of drug-likeness (QED) is 0.418. The number of aldehydes is 1. The lowest BCUT2D eigenvalue weighted by atomic mass is 10.0. The third kappa shape index (κ3) is 2.45. The summed E-state index contributed by atoms with van der Waals surface area (Å²) in [5.74, 6) is 0.111. The van der Waals surface area contributed by atoms with Gasteiger partial charge in [-0.1, -0.05) is 25.5 Å². The molecule has 0 spiro atoms. The molecule has 0 aliphatic rings. The largest absolute Gasteiger partial charge is 0.303 e. The lowest BCUT2D eigenvalue weighted by molar-refractivity contribution is -0.109. The van der Waals surface area contributed by atoms with Crippen LogP contribution in [0.3, 0.4) is 0 Å². The summed E-state index contributed by atoms with van der Waals surface area (Å²) < 4.78 is 0. The van der Waals surface area contributed by atoms with Crippen molar-refractivity contribution in [3.8, 4) is 0 Å². The standard InChI is InChI=1S/C8H14O/c1-4-8(5-2)7(3)6-9/h4,6-7H,5H2,1-3H3/b8-4+. The fraction of sp³-hybridized carbons (Fsp3) is 0.625. The molecular formula is C8H14O. The summed E-state index contributed by atoms with van der Waals surface area (Å²) in [6, 6.07) is 0. The predicted molar refractivity (Wildman–Crippen MR) is 39.3 cm³/mol. The molecule has 0 saturated heterocycles. The monoisotopic (exact) mass is 126 g/mol. The summed E-state index contributed by atoms with van der Waals surface area (Å²) in [6.45, 7) is 5.96. The molecule has 1 heteroatoms. The van der Waals surface area contributed by atoms with Gasteiger partial charge in [0, 0.05) is 5.92 Å². The minimum absolute atomic E-state index is 0.111. The second-order valence-corrected chi connectivity index (χ2v) is 2.14. The van der Waals surface area contributed by atoms with Crippen molar-refractivity contribution in [2.24, 2.45) is 5.92 Å². The molecule has 0 fully saturated rings. The SMILES string of the molecule is C/C=C(\CC)C(C)C=O. The topological polar surface area (TPSA) is 17.1 Å². The van der Waals surface area contributed by atoms with E-state index in [1.165, 1.54) is 5.57 Å². The molecule has 0 heterocycles. The maximum absolute atomic E-state index is 10.2. The molecule has 0 N–H and O–H groups in total. The first-order valence-corrected chi connectivity index (χ1v) is 3.36. The maximum Gasteiger partial charge on any atom is 0.126 e. The van der Waals surface area contributed by atoms with Gasteiger partial charge in [0.05, 0.1) is 0 Å². The average Bonchev–Trinajstić information content (AvgIpc) is 1.90. The summed E-state index contributed by atoms with van der Waals surface area (Å²) in [6.07, 6.45) is 3.98. The van der Waals surface area contributed by atoms with Crippen molar-refractivity contribution in [1.29, 1.82) is 0 Å². The lowest BCUT2D eigenvalue weighted by Gasteiger charge is -2.04. The van der Waals surface area contributed by atoms with Crippen molar-refractivity contribution < 1.29 is 4.79 Å². The average molecular weight is 126 g/mol. The maximum atomic E-state index is 10.2. The highest BCUT2D eigenvalue weighted by molar-refractivity contribution is 5.57. The van der Waals surface area contributed by atoms with Gasteiger partial charge in [0.2, 0.25) is 0 Å². The summed E-state index contributed by atoms with van der Waals surface area (Å²) >= 11 is 0. The molecule has 0 aliphatic heterocycles. The van der Waals surface area contributed by atoms with E-state index >= 15 is 0 Å². The fourth-order valence-corrected chi connectivity index (χ4v) is 0.876. The fourth-order valence-electron chi connectivity index (χ4n) is 0.876. The number of carbonyl (C=O) groups is 1. The van der Waals surface area contributed by atoms with Gasteiger partial charge >= 0.3 is 0 Å². The van der Waals surface area contributed by atoms with Crippen LogP contribution in [0, 0.1) is 5.92 Å². The molecule has 1 atom stereocenters. The highest BCUT2D eigenvalue weighted by Crippen LogP contribution is 2.10. The highest BCUT2D eigenvalue weighted by Gasteiger charge is 2.01. The molecule has 0 rings (SSSR count). The predicted octanol–water partition coefficient (Wildman–Crippen LogP) is 2.18. The molecule has 0 aromatic heterocycles. The third-order valence-electron chi connectivity index (χ3n) is 1.57. The first-order chi connectivity index (χ1) is 4.26. The van der Waals surface area contributed by atoms with Gasteiger partial charge in [-0.05, 0) is 13.3 Å². The molecule has 0 radical (unpaired) electrons. The number of rotatable bonds is 3. The van der Waals surface area contributed by atoms with Crippen LogP contribution in [0.4, 0.5) is 0 Å². The van der Waals surface area contributed by atoms with Crippen molar-refractivity contribution in [3.05, 3.63) is 11.6 Å². The molecule has 0 aromatic rings. The van der Waals surface area contributed by atoms with E-state index in [4.69, 9.17) is 0 Å². The van der Waals surface area contributed by atoms with E-state index in [0.29, 0.717) is 0 Å². The first-order valence-electron chi connectivity index (χ1n) is 3.36. The summed E-state index contributed by atoms with van der Waals surface area (Å²) in [7, 11) is 0. The highest BCUT2D eigenvalue weighted by atomic mass is 16.1. The van der Waals surface area contributed by atoms with Gasteiger partial charge in [0.1, 0.15) is 6.29 Å². The number of hydrogen-bond donors (Lipinski definition) is 0. The molecule has 9 heavy (non-hydrogen) atoms. The molecule has 1 unspecified atom stereocenters. The third-order valence-corrected chi connectivity index (χ3v) is 1.57. The summed E-state index contributed by atoms with van der Waals surface area (Å²) in [5, 5.41) is 0. The number of carbonyl (C=O) groups excluding carboxylic acids is 1. The van der Waals surface area contributed by atoms with E-state index < -0.39 is 0 Å². The second-order valence-electron chi connectivity index (χ2n) is 2.14. The van der Waals surface area contributed by atoms with E-state index in [1.807, 2.05) is 19.9 Å². The minimum atomic E-state index is 0.111. The van der Waals surface area contributed by atoms with E-state index in [0.717, 1.165) is 12.7 Å². The van der Waals surface area contributed by atoms with E-state index in [1.54, 1.807) is 0 Å². The normalized spacial score (nSPS) is 15.2. The van der Waals surface area contributed by atoms with Crippen LogP contribution >= 0.6 is 0 Å². The van der Waals surface area contributed by atoms with Crippen LogP contribution < -0.4 is 0 Å². The Labute approximate surface area is 56.8 Å². The molecule has 0 aromatic carbocycles. The van der Waals surface area contributed by atoms with Crippen molar-refractivity contribution >= 4 is 6.29 Å². The van der Waals surface area contributed by atoms with Gasteiger partial charge in [0.25, 0.3) is 0 Å². The zero-order valence-electron chi connectivity index (χ0n) is 6.35. The van der Waals surface area contributed by atoms with Crippen LogP contribution in [-0.2, 0) is 4.79 Å². The zero-order chi connectivity index (χ0) is 7.28. The molecule has 0 saturated carbocycles. The molecular weight excluding hydrogens is 112 g/mol. The Hall–Kier alpha value is -0.590. The molecule has 0 aliphatic carbocycles. The first kappa shape index (κ1) is 8.41. The second kappa shape index (κ2) is 4.30. The smallest absolute Gasteiger partial charge is 0.126 e. The number of hydrogen-bond acceptors (Lipinski definition) is 1. The Morgan fingerprint density at radius 2 is 2.22 bits per heavy atom.